The predicted molar refractivity (Wildman–Crippen MR) is 132 cm³/mol. The second-order valence-corrected chi connectivity index (χ2v) is 10.7. The van der Waals surface area contributed by atoms with Gasteiger partial charge in [-0.2, -0.15) is 13.2 Å². The number of amides is 1. The van der Waals surface area contributed by atoms with Crippen molar-refractivity contribution in [3.8, 4) is 5.75 Å². The summed E-state index contributed by atoms with van der Waals surface area (Å²) in [5, 5.41) is 11.8. The summed E-state index contributed by atoms with van der Waals surface area (Å²) in [4.78, 5) is 26.7. The highest BCUT2D eigenvalue weighted by molar-refractivity contribution is 5.88. The number of carboxylic acid groups (broad SMARTS) is 1. The van der Waals surface area contributed by atoms with Crippen molar-refractivity contribution in [1.29, 1.82) is 0 Å². The highest BCUT2D eigenvalue weighted by Crippen LogP contribution is 2.47. The number of carboxylic acids is 1. The lowest BCUT2D eigenvalue weighted by molar-refractivity contribution is -0.164. The van der Waals surface area contributed by atoms with E-state index >= 15 is 0 Å². The van der Waals surface area contributed by atoms with Crippen LogP contribution in [0.3, 0.4) is 0 Å². The average Bonchev–Trinajstić information content (AvgIpc) is 3.67. The van der Waals surface area contributed by atoms with Gasteiger partial charge in [0.1, 0.15) is 29.1 Å². The number of hydrogen-bond donors (Lipinski definition) is 2. The Hall–Kier alpha value is -3.25. The summed E-state index contributed by atoms with van der Waals surface area (Å²) in [5.74, 6) is -3.35. The fourth-order valence-corrected chi connectivity index (χ4v) is 5.67. The lowest BCUT2D eigenvalue weighted by atomic mass is 9.86. The molecule has 0 aromatic heterocycles. The molecule has 2 aromatic carbocycles. The number of rotatable bonds is 8. The van der Waals surface area contributed by atoms with E-state index < -0.39 is 46.4 Å². The predicted octanol–water partition coefficient (Wildman–Crippen LogP) is 4.78. The van der Waals surface area contributed by atoms with Gasteiger partial charge in [-0.05, 0) is 80.0 Å². The number of hydrogen-bond acceptors (Lipinski definition) is 5. The standard InChI is InChI=1S/C28H29F5N2O5/c29-19-10-16(9-18(11-19)28(31,32)33)13-34-26(38)27(17-1-2-17)7-5-20(15-39-27)35-8-6-22(14-35)40-21-3-4-24(30)23(12-21)25(36)37/h3-4,9-12,17,20,22H,1-2,5-8,13-15H2,(H,34,38)(H,36,37)/t20-,22-,27+/m1/s1. The van der Waals surface area contributed by atoms with E-state index in [4.69, 9.17) is 14.6 Å². The van der Waals surface area contributed by atoms with Crippen molar-refractivity contribution in [2.75, 3.05) is 19.7 Å². The fourth-order valence-electron chi connectivity index (χ4n) is 5.67. The smallest absolute Gasteiger partial charge is 0.416 e. The Morgan fingerprint density at radius 2 is 1.88 bits per heavy atom. The van der Waals surface area contributed by atoms with Crippen LogP contribution in [0, 0.1) is 17.6 Å². The van der Waals surface area contributed by atoms with Crippen LogP contribution in [0.1, 0.15) is 53.6 Å². The molecule has 1 amide bonds. The van der Waals surface area contributed by atoms with Crippen LogP contribution < -0.4 is 10.1 Å². The molecule has 1 aliphatic carbocycles. The van der Waals surface area contributed by atoms with Crippen molar-refractivity contribution in [1.82, 2.24) is 10.2 Å². The van der Waals surface area contributed by atoms with Gasteiger partial charge in [0.05, 0.1) is 17.7 Å². The highest BCUT2D eigenvalue weighted by atomic mass is 19.4. The number of carbonyl (C=O) groups excluding carboxylic acids is 1. The first kappa shape index (κ1) is 28.3. The van der Waals surface area contributed by atoms with Gasteiger partial charge in [0.15, 0.2) is 0 Å². The minimum atomic E-state index is -4.70. The van der Waals surface area contributed by atoms with Gasteiger partial charge in [0.25, 0.3) is 5.91 Å². The van der Waals surface area contributed by atoms with Crippen molar-refractivity contribution < 1.29 is 46.1 Å². The second-order valence-electron chi connectivity index (χ2n) is 10.7. The molecular formula is C28H29F5N2O5. The SMILES string of the molecule is O=C(O)c1cc(O[C@@H]2CCN([C@@H]3CC[C@@](C(=O)NCc4cc(F)cc(C(F)(F)F)c4)(C4CC4)OC3)C2)ccc1F. The number of aromatic carboxylic acids is 1. The Bertz CT molecular complexity index is 1270. The molecule has 216 valence electrons. The quantitative estimate of drug-likeness (QED) is 0.446. The van der Waals surface area contributed by atoms with Crippen LogP contribution in [0.25, 0.3) is 0 Å². The minimum Gasteiger partial charge on any atom is -0.489 e. The lowest BCUT2D eigenvalue weighted by Crippen LogP contribution is -2.56. The first-order valence-electron chi connectivity index (χ1n) is 13.2. The van der Waals surface area contributed by atoms with Gasteiger partial charge in [0.2, 0.25) is 0 Å². The minimum absolute atomic E-state index is 0.0139. The zero-order valence-corrected chi connectivity index (χ0v) is 21.5. The van der Waals surface area contributed by atoms with E-state index in [9.17, 15) is 31.5 Å². The van der Waals surface area contributed by atoms with Gasteiger partial charge < -0.3 is 19.9 Å². The molecule has 3 atom stereocenters. The zero-order chi connectivity index (χ0) is 28.7. The van der Waals surface area contributed by atoms with E-state index in [1.807, 2.05) is 0 Å². The van der Waals surface area contributed by atoms with Crippen molar-refractivity contribution in [2.24, 2.45) is 5.92 Å². The molecule has 2 heterocycles. The lowest BCUT2D eigenvalue weighted by Gasteiger charge is -2.42. The molecule has 0 radical (unpaired) electrons. The number of nitrogens with one attached hydrogen (secondary N) is 1. The van der Waals surface area contributed by atoms with Crippen LogP contribution in [-0.2, 0) is 22.3 Å². The molecular weight excluding hydrogens is 539 g/mol. The number of nitrogens with zero attached hydrogens (tertiary/aromatic N) is 1. The van der Waals surface area contributed by atoms with Gasteiger partial charge >= 0.3 is 12.1 Å². The summed E-state index contributed by atoms with van der Waals surface area (Å²) < 4.78 is 78.7. The Morgan fingerprint density at radius 1 is 1.10 bits per heavy atom. The van der Waals surface area contributed by atoms with Gasteiger partial charge in [-0.15, -0.1) is 0 Å². The Kier molecular flexibility index (Phi) is 7.75. The van der Waals surface area contributed by atoms with Crippen molar-refractivity contribution in [3.63, 3.8) is 0 Å². The largest absolute Gasteiger partial charge is 0.489 e. The number of benzene rings is 2. The second kappa shape index (κ2) is 11.0. The van der Waals surface area contributed by atoms with Crippen LogP contribution in [0.5, 0.6) is 5.75 Å². The molecule has 7 nitrogen and oxygen atoms in total. The third-order valence-corrected chi connectivity index (χ3v) is 7.91. The van der Waals surface area contributed by atoms with Crippen LogP contribution in [0.4, 0.5) is 22.0 Å². The number of halogens is 5. The van der Waals surface area contributed by atoms with E-state index in [2.05, 4.69) is 10.2 Å². The maximum Gasteiger partial charge on any atom is 0.416 e. The summed E-state index contributed by atoms with van der Waals surface area (Å²) in [6.45, 7) is 1.29. The summed E-state index contributed by atoms with van der Waals surface area (Å²) in [5.41, 5.74) is -2.63. The maximum atomic E-state index is 13.8. The normalized spacial score (nSPS) is 25.5. The van der Waals surface area contributed by atoms with Crippen LogP contribution in [-0.4, -0.2) is 59.3 Å². The molecule has 3 aliphatic rings. The maximum absolute atomic E-state index is 13.8. The summed E-state index contributed by atoms with van der Waals surface area (Å²) in [6.07, 6.45) is -1.52. The monoisotopic (exact) mass is 568 g/mol. The molecule has 2 saturated heterocycles. The molecule has 0 unspecified atom stereocenters. The molecule has 40 heavy (non-hydrogen) atoms. The molecule has 1 saturated carbocycles. The highest BCUT2D eigenvalue weighted by Gasteiger charge is 2.54. The van der Waals surface area contributed by atoms with E-state index in [1.54, 1.807) is 0 Å². The molecule has 0 spiro atoms. The van der Waals surface area contributed by atoms with Gasteiger partial charge in [-0.1, -0.05) is 0 Å². The van der Waals surface area contributed by atoms with Crippen molar-refractivity contribution in [3.05, 3.63) is 64.7 Å². The van der Waals surface area contributed by atoms with E-state index in [1.165, 1.54) is 12.1 Å². The Morgan fingerprint density at radius 3 is 2.52 bits per heavy atom. The van der Waals surface area contributed by atoms with E-state index in [-0.39, 0.29) is 42.5 Å². The molecule has 12 heteroatoms. The molecule has 2 aromatic rings. The summed E-state index contributed by atoms with van der Waals surface area (Å²) in [6, 6.07) is 5.86. The number of likely N-dealkylation sites (tertiary alicyclic amines) is 1. The average molecular weight is 569 g/mol. The number of alkyl halides is 3. The molecule has 2 N–H and O–H groups in total. The van der Waals surface area contributed by atoms with Gasteiger partial charge in [0, 0.05) is 25.7 Å². The molecule has 2 aliphatic heterocycles. The summed E-state index contributed by atoms with van der Waals surface area (Å²) in [7, 11) is 0. The molecule has 0 bridgehead atoms. The van der Waals surface area contributed by atoms with Crippen molar-refractivity contribution >= 4 is 11.9 Å². The molecule has 3 fully saturated rings. The molecule has 5 rings (SSSR count). The van der Waals surface area contributed by atoms with Gasteiger partial charge in [-0.3, -0.25) is 9.69 Å². The van der Waals surface area contributed by atoms with Crippen LogP contribution in [0.2, 0.25) is 0 Å². The van der Waals surface area contributed by atoms with E-state index in [0.717, 1.165) is 31.0 Å². The first-order chi connectivity index (χ1) is 18.9. The Balaban J connectivity index is 1.17. The van der Waals surface area contributed by atoms with Crippen LogP contribution >= 0.6 is 0 Å². The zero-order valence-electron chi connectivity index (χ0n) is 21.5. The van der Waals surface area contributed by atoms with Gasteiger partial charge in [-0.25, -0.2) is 13.6 Å². The topological polar surface area (TPSA) is 88.1 Å². The third kappa shape index (κ3) is 6.07. The summed E-state index contributed by atoms with van der Waals surface area (Å²) >= 11 is 0. The van der Waals surface area contributed by atoms with Crippen LogP contribution in [0.15, 0.2) is 36.4 Å². The van der Waals surface area contributed by atoms with Crippen molar-refractivity contribution in [2.45, 2.75) is 62.6 Å². The third-order valence-electron chi connectivity index (χ3n) is 7.91. The first-order valence-corrected chi connectivity index (χ1v) is 13.2. The number of carbonyl (C=O) groups is 2. The Labute approximate surface area is 227 Å². The fraction of sp³-hybridized carbons (Fsp3) is 0.500. The number of ether oxygens (including phenoxy) is 2. The van der Waals surface area contributed by atoms with E-state index in [0.29, 0.717) is 38.4 Å².